The van der Waals surface area contributed by atoms with Crippen molar-refractivity contribution in [2.75, 3.05) is 16.8 Å². The second-order valence-electron chi connectivity index (χ2n) is 7.89. The van der Waals surface area contributed by atoms with Gasteiger partial charge in [0.2, 0.25) is 0 Å². The van der Waals surface area contributed by atoms with Crippen molar-refractivity contribution < 1.29 is 28.8 Å². The van der Waals surface area contributed by atoms with Gasteiger partial charge in [0.15, 0.2) is 6.61 Å². The third-order valence-electron chi connectivity index (χ3n) is 5.44. The zero-order chi connectivity index (χ0) is 25.3. The normalized spacial score (nSPS) is 12.3. The van der Waals surface area contributed by atoms with Crippen LogP contribution in [0, 0.1) is 24.0 Å². The van der Waals surface area contributed by atoms with Crippen molar-refractivity contribution in [2.45, 2.75) is 13.8 Å². The van der Waals surface area contributed by atoms with E-state index >= 15 is 0 Å². The number of nitro groups is 1. The topological polar surface area (TPSA) is 136 Å². The third-order valence-corrected chi connectivity index (χ3v) is 5.44. The number of carbonyl (C=O) groups excluding carboxylic acids is 4. The van der Waals surface area contributed by atoms with Crippen LogP contribution < -0.4 is 10.2 Å². The molecule has 3 aromatic carbocycles. The first kappa shape index (κ1) is 23.3. The van der Waals surface area contributed by atoms with Crippen molar-refractivity contribution >= 4 is 40.8 Å². The van der Waals surface area contributed by atoms with Crippen LogP contribution in [-0.2, 0) is 9.53 Å². The SMILES string of the molecule is Cc1ccc(NC(=O)COC(=O)c2ccc3c(c2)C(=O)N(c2ccccc2C)C3=O)c([N+](=O)[O-])c1. The van der Waals surface area contributed by atoms with E-state index in [1.807, 2.05) is 0 Å². The lowest BCUT2D eigenvalue weighted by molar-refractivity contribution is -0.384. The van der Waals surface area contributed by atoms with Crippen molar-refractivity contribution in [1.29, 1.82) is 0 Å². The summed E-state index contributed by atoms with van der Waals surface area (Å²) in [6, 6.07) is 15.2. The highest BCUT2D eigenvalue weighted by molar-refractivity contribution is 6.35. The molecule has 1 aliphatic rings. The van der Waals surface area contributed by atoms with Crippen LogP contribution >= 0.6 is 0 Å². The number of fused-ring (bicyclic) bond motifs is 1. The van der Waals surface area contributed by atoms with Crippen molar-refractivity contribution in [3.05, 3.63) is 98.6 Å². The summed E-state index contributed by atoms with van der Waals surface area (Å²) in [4.78, 5) is 62.1. The zero-order valence-corrected chi connectivity index (χ0v) is 18.7. The lowest BCUT2D eigenvalue weighted by atomic mass is 10.1. The molecule has 0 saturated heterocycles. The predicted molar refractivity (Wildman–Crippen MR) is 126 cm³/mol. The molecule has 0 spiro atoms. The average molecular weight is 473 g/mol. The number of imide groups is 1. The van der Waals surface area contributed by atoms with E-state index in [-0.39, 0.29) is 28.1 Å². The Bertz CT molecular complexity index is 1410. The molecule has 0 radical (unpaired) electrons. The molecular formula is C25H19N3O7. The summed E-state index contributed by atoms with van der Waals surface area (Å²) >= 11 is 0. The van der Waals surface area contributed by atoms with E-state index in [9.17, 15) is 29.3 Å². The van der Waals surface area contributed by atoms with E-state index in [1.54, 1.807) is 44.2 Å². The predicted octanol–water partition coefficient (Wildman–Crippen LogP) is 3.81. The number of para-hydroxylation sites is 1. The molecule has 10 heteroatoms. The lowest BCUT2D eigenvalue weighted by Gasteiger charge is -2.16. The van der Waals surface area contributed by atoms with E-state index in [0.717, 1.165) is 10.5 Å². The standard InChI is InChI=1S/C25H19N3O7/c1-14-7-10-19(21(11-14)28(33)34)26-22(29)13-35-25(32)16-8-9-17-18(12-16)24(31)27(23(17)30)20-6-4-3-5-15(20)2/h3-12H,13H2,1-2H3,(H,26,29). The Morgan fingerprint density at radius 3 is 2.40 bits per heavy atom. The summed E-state index contributed by atoms with van der Waals surface area (Å²) in [5.74, 6) is -2.74. The number of hydrogen-bond donors (Lipinski definition) is 1. The number of rotatable bonds is 6. The van der Waals surface area contributed by atoms with Crippen LogP contribution in [0.15, 0.2) is 60.7 Å². The molecule has 1 N–H and O–H groups in total. The van der Waals surface area contributed by atoms with Gasteiger partial charge in [0.05, 0.1) is 27.3 Å². The lowest BCUT2D eigenvalue weighted by Crippen LogP contribution is -2.29. The number of ether oxygens (including phenoxy) is 1. The van der Waals surface area contributed by atoms with E-state index in [4.69, 9.17) is 4.74 Å². The highest BCUT2D eigenvalue weighted by Crippen LogP contribution is 2.31. The van der Waals surface area contributed by atoms with E-state index in [0.29, 0.717) is 11.3 Å². The first-order chi connectivity index (χ1) is 16.7. The highest BCUT2D eigenvalue weighted by Gasteiger charge is 2.37. The van der Waals surface area contributed by atoms with Crippen LogP contribution in [0.5, 0.6) is 0 Å². The van der Waals surface area contributed by atoms with E-state index in [2.05, 4.69) is 5.32 Å². The summed E-state index contributed by atoms with van der Waals surface area (Å²) in [5, 5.41) is 13.5. The first-order valence-corrected chi connectivity index (χ1v) is 10.5. The molecule has 35 heavy (non-hydrogen) atoms. The number of aryl methyl sites for hydroxylation is 2. The van der Waals surface area contributed by atoms with Crippen LogP contribution in [0.1, 0.15) is 42.2 Å². The second-order valence-corrected chi connectivity index (χ2v) is 7.89. The van der Waals surface area contributed by atoms with Crippen LogP contribution in [0.3, 0.4) is 0 Å². The molecule has 1 heterocycles. The number of amides is 3. The molecule has 0 unspecified atom stereocenters. The molecule has 0 aromatic heterocycles. The molecule has 3 amide bonds. The summed E-state index contributed by atoms with van der Waals surface area (Å²) in [6.45, 7) is 2.75. The number of nitrogens with one attached hydrogen (secondary N) is 1. The summed E-state index contributed by atoms with van der Waals surface area (Å²) in [6.07, 6.45) is 0. The Labute approximate surface area is 199 Å². The Kier molecular flexibility index (Phi) is 6.11. The molecule has 176 valence electrons. The van der Waals surface area contributed by atoms with Crippen LogP contribution in [0.4, 0.5) is 17.1 Å². The maximum atomic E-state index is 12.9. The summed E-state index contributed by atoms with van der Waals surface area (Å²) in [7, 11) is 0. The highest BCUT2D eigenvalue weighted by atomic mass is 16.6. The van der Waals surface area contributed by atoms with Crippen molar-refractivity contribution in [1.82, 2.24) is 0 Å². The van der Waals surface area contributed by atoms with Gasteiger partial charge in [-0.05, 0) is 55.3 Å². The van der Waals surface area contributed by atoms with E-state index in [1.165, 1.54) is 30.3 Å². The van der Waals surface area contributed by atoms with Crippen molar-refractivity contribution in [2.24, 2.45) is 0 Å². The van der Waals surface area contributed by atoms with Gasteiger partial charge in [-0.1, -0.05) is 24.3 Å². The van der Waals surface area contributed by atoms with Crippen LogP contribution in [-0.4, -0.2) is 35.2 Å². The largest absolute Gasteiger partial charge is 0.452 e. The molecule has 3 aromatic rings. The summed E-state index contributed by atoms with van der Waals surface area (Å²) < 4.78 is 5.01. The number of benzene rings is 3. The monoisotopic (exact) mass is 473 g/mol. The molecular weight excluding hydrogens is 454 g/mol. The van der Waals surface area contributed by atoms with E-state index < -0.39 is 35.2 Å². The van der Waals surface area contributed by atoms with Gasteiger partial charge < -0.3 is 10.1 Å². The van der Waals surface area contributed by atoms with Gasteiger partial charge in [0.25, 0.3) is 23.4 Å². The Morgan fingerprint density at radius 2 is 1.69 bits per heavy atom. The fourth-order valence-corrected chi connectivity index (χ4v) is 3.70. The third kappa shape index (κ3) is 4.49. The second kappa shape index (κ2) is 9.18. The fourth-order valence-electron chi connectivity index (χ4n) is 3.70. The fraction of sp³-hybridized carbons (Fsp3) is 0.120. The van der Waals surface area contributed by atoms with Gasteiger partial charge in [0, 0.05) is 6.07 Å². The van der Waals surface area contributed by atoms with Crippen LogP contribution in [0.25, 0.3) is 0 Å². The quantitative estimate of drug-likeness (QED) is 0.249. The minimum Gasteiger partial charge on any atom is -0.452 e. The molecule has 1 aliphatic heterocycles. The molecule has 0 atom stereocenters. The van der Waals surface area contributed by atoms with Gasteiger partial charge in [-0.3, -0.25) is 24.5 Å². The van der Waals surface area contributed by atoms with Crippen molar-refractivity contribution in [3.63, 3.8) is 0 Å². The number of anilines is 2. The number of carbonyl (C=O) groups is 4. The van der Waals surface area contributed by atoms with Crippen molar-refractivity contribution in [3.8, 4) is 0 Å². The van der Waals surface area contributed by atoms with Gasteiger partial charge in [-0.15, -0.1) is 0 Å². The average Bonchev–Trinajstić information content (AvgIpc) is 3.08. The smallest absolute Gasteiger partial charge is 0.338 e. The van der Waals surface area contributed by atoms with Gasteiger partial charge in [-0.2, -0.15) is 0 Å². The molecule has 0 bridgehead atoms. The number of esters is 1. The Balaban J connectivity index is 1.46. The number of hydrogen-bond acceptors (Lipinski definition) is 7. The minimum atomic E-state index is -0.893. The minimum absolute atomic E-state index is 0.0225. The Morgan fingerprint density at radius 1 is 0.971 bits per heavy atom. The van der Waals surface area contributed by atoms with Gasteiger partial charge in [0.1, 0.15) is 5.69 Å². The first-order valence-electron chi connectivity index (χ1n) is 10.5. The molecule has 10 nitrogen and oxygen atoms in total. The van der Waals surface area contributed by atoms with Crippen LogP contribution in [0.2, 0.25) is 0 Å². The van der Waals surface area contributed by atoms with Gasteiger partial charge >= 0.3 is 5.97 Å². The zero-order valence-electron chi connectivity index (χ0n) is 18.7. The summed E-state index contributed by atoms with van der Waals surface area (Å²) in [5.41, 5.74) is 1.69. The maximum Gasteiger partial charge on any atom is 0.338 e. The molecule has 4 rings (SSSR count). The number of nitrogens with zero attached hydrogens (tertiary/aromatic N) is 2. The molecule has 0 aliphatic carbocycles. The molecule has 0 saturated carbocycles. The molecule has 0 fully saturated rings. The maximum absolute atomic E-state index is 12.9. The van der Waals surface area contributed by atoms with Gasteiger partial charge in [-0.25, -0.2) is 9.69 Å². The number of nitro benzene ring substituents is 1. The Hall–Kier alpha value is -4.86.